The average molecular weight is 238 g/mol. The Labute approximate surface area is 103 Å². The predicted octanol–water partition coefficient (Wildman–Crippen LogP) is 0.718. The van der Waals surface area contributed by atoms with Crippen molar-refractivity contribution in [2.24, 2.45) is 5.92 Å². The van der Waals surface area contributed by atoms with Crippen molar-refractivity contribution in [2.45, 2.75) is 38.4 Å². The lowest BCUT2D eigenvalue weighted by atomic mass is 9.99. The van der Waals surface area contributed by atoms with Crippen LogP contribution in [0.4, 0.5) is 0 Å². The molecule has 0 unspecified atom stereocenters. The predicted molar refractivity (Wildman–Crippen MR) is 64.7 cm³/mol. The Morgan fingerprint density at radius 2 is 2.06 bits per heavy atom. The monoisotopic (exact) mass is 238 g/mol. The molecule has 3 fully saturated rings. The fraction of sp³-hybridized carbons (Fsp3) is 0.923. The number of carbonyl (C=O) groups is 1. The van der Waals surface area contributed by atoms with Gasteiger partial charge in [0.05, 0.1) is 18.1 Å². The van der Waals surface area contributed by atoms with Gasteiger partial charge in [0.2, 0.25) is 5.91 Å². The van der Waals surface area contributed by atoms with Gasteiger partial charge >= 0.3 is 0 Å². The van der Waals surface area contributed by atoms with Gasteiger partial charge in [-0.2, -0.15) is 0 Å². The molecule has 3 atom stereocenters. The molecule has 3 rings (SSSR count). The largest absolute Gasteiger partial charge is 0.371 e. The molecule has 3 heterocycles. The zero-order valence-corrected chi connectivity index (χ0v) is 10.6. The third kappa shape index (κ3) is 2.08. The second-order valence-electron chi connectivity index (χ2n) is 5.52. The molecule has 0 aliphatic carbocycles. The van der Waals surface area contributed by atoms with Crippen LogP contribution in [-0.2, 0) is 9.53 Å². The highest BCUT2D eigenvalue weighted by atomic mass is 16.5. The number of morpholine rings is 1. The first-order valence-corrected chi connectivity index (χ1v) is 6.94. The second-order valence-corrected chi connectivity index (χ2v) is 5.52. The summed E-state index contributed by atoms with van der Waals surface area (Å²) in [6, 6.07) is 0. The van der Waals surface area contributed by atoms with E-state index in [2.05, 4.69) is 11.8 Å². The molecule has 96 valence electrons. The highest BCUT2D eigenvalue weighted by molar-refractivity contribution is 5.80. The van der Waals surface area contributed by atoms with Crippen molar-refractivity contribution >= 4 is 5.91 Å². The Morgan fingerprint density at radius 3 is 2.76 bits per heavy atom. The molecular weight excluding hydrogens is 216 g/mol. The maximum atomic E-state index is 12.4. The van der Waals surface area contributed by atoms with Gasteiger partial charge in [0.25, 0.3) is 0 Å². The van der Waals surface area contributed by atoms with Gasteiger partial charge < -0.3 is 9.64 Å². The first kappa shape index (κ1) is 11.5. The van der Waals surface area contributed by atoms with E-state index in [1.807, 2.05) is 4.90 Å². The molecule has 0 aromatic heterocycles. The van der Waals surface area contributed by atoms with Gasteiger partial charge in [0, 0.05) is 26.2 Å². The Morgan fingerprint density at radius 1 is 1.29 bits per heavy atom. The van der Waals surface area contributed by atoms with E-state index in [-0.39, 0.29) is 12.0 Å². The third-order valence-corrected chi connectivity index (χ3v) is 4.41. The highest BCUT2D eigenvalue weighted by Gasteiger charge is 2.45. The molecule has 3 aliphatic heterocycles. The normalized spacial score (nSPS) is 37.7. The number of hydrogen-bond acceptors (Lipinski definition) is 3. The number of likely N-dealkylation sites (tertiary alicyclic amines) is 2. The molecule has 4 nitrogen and oxygen atoms in total. The summed E-state index contributed by atoms with van der Waals surface area (Å²) in [5.41, 5.74) is 0. The Hall–Kier alpha value is -0.610. The van der Waals surface area contributed by atoms with Crippen molar-refractivity contribution in [2.75, 3.05) is 32.7 Å². The Balaban J connectivity index is 1.66. The van der Waals surface area contributed by atoms with E-state index >= 15 is 0 Å². The van der Waals surface area contributed by atoms with Crippen LogP contribution < -0.4 is 0 Å². The molecule has 3 saturated heterocycles. The zero-order valence-electron chi connectivity index (χ0n) is 10.6. The molecule has 2 bridgehead atoms. The van der Waals surface area contributed by atoms with Crippen molar-refractivity contribution in [3.05, 3.63) is 0 Å². The summed E-state index contributed by atoms with van der Waals surface area (Å²) >= 11 is 0. The fourth-order valence-corrected chi connectivity index (χ4v) is 3.43. The third-order valence-electron chi connectivity index (χ3n) is 4.41. The minimum absolute atomic E-state index is 0.134. The fourth-order valence-electron chi connectivity index (χ4n) is 3.43. The lowest BCUT2D eigenvalue weighted by Crippen LogP contribution is -2.45. The maximum absolute atomic E-state index is 12.4. The van der Waals surface area contributed by atoms with Gasteiger partial charge in [0.1, 0.15) is 0 Å². The number of likely N-dealkylation sites (N-methyl/N-ethyl adjacent to an activating group) is 1. The molecule has 4 heteroatoms. The summed E-state index contributed by atoms with van der Waals surface area (Å²) in [5, 5.41) is 0. The quantitative estimate of drug-likeness (QED) is 0.710. The summed E-state index contributed by atoms with van der Waals surface area (Å²) < 4.78 is 5.93. The number of carbonyl (C=O) groups excluding carboxylic acids is 1. The van der Waals surface area contributed by atoms with Crippen LogP contribution in [0.3, 0.4) is 0 Å². The molecule has 0 N–H and O–H groups in total. The van der Waals surface area contributed by atoms with E-state index in [9.17, 15) is 4.79 Å². The average Bonchev–Trinajstić information content (AvgIpc) is 2.96. The molecule has 0 aromatic rings. The SMILES string of the molecule is CCN1C[C@H]2C[C@@H](C(=O)N3CCCC3)[C@@H](C1)O2. The minimum atomic E-state index is 0.134. The van der Waals surface area contributed by atoms with E-state index in [0.717, 1.165) is 39.1 Å². The van der Waals surface area contributed by atoms with Gasteiger partial charge in [-0.05, 0) is 25.8 Å². The van der Waals surface area contributed by atoms with Crippen LogP contribution in [0.15, 0.2) is 0 Å². The standard InChI is InChI=1S/C13H22N2O2/c1-2-14-8-10-7-11(12(9-14)17-10)13(16)15-5-3-4-6-15/h10-12H,2-9H2,1H3/t10-,11-,12-/m1/s1. The van der Waals surface area contributed by atoms with Crippen molar-refractivity contribution in [3.8, 4) is 0 Å². The number of ether oxygens (including phenoxy) is 1. The van der Waals surface area contributed by atoms with Crippen molar-refractivity contribution < 1.29 is 9.53 Å². The van der Waals surface area contributed by atoms with Crippen LogP contribution >= 0.6 is 0 Å². The number of hydrogen-bond donors (Lipinski definition) is 0. The maximum Gasteiger partial charge on any atom is 0.228 e. The van der Waals surface area contributed by atoms with Crippen LogP contribution in [0, 0.1) is 5.92 Å². The van der Waals surface area contributed by atoms with E-state index < -0.39 is 0 Å². The van der Waals surface area contributed by atoms with Crippen LogP contribution in [0.2, 0.25) is 0 Å². The lowest BCUT2D eigenvalue weighted by molar-refractivity contribution is -0.137. The second kappa shape index (κ2) is 4.58. The molecule has 0 saturated carbocycles. The van der Waals surface area contributed by atoms with Gasteiger partial charge in [-0.3, -0.25) is 9.69 Å². The highest BCUT2D eigenvalue weighted by Crippen LogP contribution is 2.33. The van der Waals surface area contributed by atoms with Gasteiger partial charge in [-0.25, -0.2) is 0 Å². The first-order valence-electron chi connectivity index (χ1n) is 6.94. The molecular formula is C13H22N2O2. The molecule has 1 amide bonds. The van der Waals surface area contributed by atoms with Crippen molar-refractivity contribution in [3.63, 3.8) is 0 Å². The van der Waals surface area contributed by atoms with Crippen LogP contribution in [-0.4, -0.2) is 60.6 Å². The van der Waals surface area contributed by atoms with Crippen molar-refractivity contribution in [1.82, 2.24) is 9.80 Å². The van der Waals surface area contributed by atoms with Crippen LogP contribution in [0.1, 0.15) is 26.2 Å². The zero-order chi connectivity index (χ0) is 11.8. The summed E-state index contributed by atoms with van der Waals surface area (Å²) in [5.74, 6) is 0.489. The number of nitrogens with zero attached hydrogens (tertiary/aromatic N) is 2. The first-order chi connectivity index (χ1) is 8.28. The summed E-state index contributed by atoms with van der Waals surface area (Å²) in [7, 11) is 0. The lowest BCUT2D eigenvalue weighted by Gasteiger charge is -2.32. The van der Waals surface area contributed by atoms with E-state index in [1.165, 1.54) is 12.8 Å². The van der Waals surface area contributed by atoms with E-state index in [0.29, 0.717) is 12.0 Å². The Bertz CT molecular complexity index is 302. The van der Waals surface area contributed by atoms with Crippen LogP contribution in [0.5, 0.6) is 0 Å². The Kier molecular flexibility index (Phi) is 3.09. The summed E-state index contributed by atoms with van der Waals surface area (Å²) in [6.45, 7) is 7.13. The number of fused-ring (bicyclic) bond motifs is 2. The summed E-state index contributed by atoms with van der Waals surface area (Å²) in [6.07, 6.45) is 3.74. The van der Waals surface area contributed by atoms with Gasteiger partial charge in [0.15, 0.2) is 0 Å². The molecule has 0 radical (unpaired) electrons. The van der Waals surface area contributed by atoms with E-state index in [1.54, 1.807) is 0 Å². The number of amides is 1. The van der Waals surface area contributed by atoms with E-state index in [4.69, 9.17) is 4.74 Å². The number of rotatable bonds is 2. The molecule has 3 aliphatic rings. The molecule has 0 aromatic carbocycles. The topological polar surface area (TPSA) is 32.8 Å². The summed E-state index contributed by atoms with van der Waals surface area (Å²) in [4.78, 5) is 16.9. The smallest absolute Gasteiger partial charge is 0.228 e. The van der Waals surface area contributed by atoms with Gasteiger partial charge in [-0.15, -0.1) is 0 Å². The van der Waals surface area contributed by atoms with Gasteiger partial charge in [-0.1, -0.05) is 6.92 Å². The molecule has 0 spiro atoms. The minimum Gasteiger partial charge on any atom is -0.371 e. The van der Waals surface area contributed by atoms with Crippen molar-refractivity contribution in [1.29, 1.82) is 0 Å². The molecule has 17 heavy (non-hydrogen) atoms. The van der Waals surface area contributed by atoms with Crippen LogP contribution in [0.25, 0.3) is 0 Å².